The van der Waals surface area contributed by atoms with Gasteiger partial charge < -0.3 is 5.32 Å². The number of amides is 1. The maximum atomic E-state index is 12.0. The van der Waals surface area contributed by atoms with Gasteiger partial charge in [0.2, 0.25) is 5.91 Å². The van der Waals surface area contributed by atoms with Crippen molar-refractivity contribution in [3.8, 4) is 0 Å². The summed E-state index contributed by atoms with van der Waals surface area (Å²) in [6, 6.07) is 10.0. The van der Waals surface area contributed by atoms with E-state index in [1.165, 1.54) is 25.7 Å². The summed E-state index contributed by atoms with van der Waals surface area (Å²) in [6.45, 7) is 0.648. The highest BCUT2D eigenvalue weighted by Gasteiger charge is 2.40. The maximum absolute atomic E-state index is 12.0. The Bertz CT molecular complexity index is 534. The van der Waals surface area contributed by atoms with Crippen LogP contribution in [-0.2, 0) is 11.3 Å². The monoisotopic (exact) mass is 317 g/mol. The first kappa shape index (κ1) is 15.3. The number of carbonyl (C=O) groups is 1. The molecule has 0 saturated heterocycles. The number of hydrazine groups is 1. The summed E-state index contributed by atoms with van der Waals surface area (Å²) in [4.78, 5) is 12.0. The van der Waals surface area contributed by atoms with Crippen LogP contribution in [0.15, 0.2) is 30.3 Å². The van der Waals surface area contributed by atoms with Gasteiger partial charge in [0, 0.05) is 13.0 Å². The predicted octanol–water partition coefficient (Wildman–Crippen LogP) is 2.51. The molecular formula is C17H23N3OS. The Hall–Kier alpha value is -1.62. The molecule has 0 aromatic heterocycles. The quantitative estimate of drug-likeness (QED) is 0.590. The molecule has 118 valence electrons. The summed E-state index contributed by atoms with van der Waals surface area (Å²) in [7, 11) is 0. The number of hydrogen-bond acceptors (Lipinski definition) is 2. The molecule has 2 fully saturated rings. The zero-order valence-corrected chi connectivity index (χ0v) is 13.5. The molecule has 2 bridgehead atoms. The topological polar surface area (TPSA) is 53.2 Å². The fourth-order valence-electron chi connectivity index (χ4n) is 3.86. The Kier molecular flexibility index (Phi) is 4.93. The minimum atomic E-state index is 0.0430. The van der Waals surface area contributed by atoms with Crippen LogP contribution in [0.25, 0.3) is 0 Å². The summed E-state index contributed by atoms with van der Waals surface area (Å²) in [5, 5.41) is 3.53. The molecule has 2 aliphatic rings. The van der Waals surface area contributed by atoms with Crippen LogP contribution >= 0.6 is 12.2 Å². The van der Waals surface area contributed by atoms with Crippen molar-refractivity contribution in [1.29, 1.82) is 0 Å². The molecule has 3 N–H and O–H groups in total. The number of nitrogens with one attached hydrogen (secondary N) is 3. The first-order valence-corrected chi connectivity index (χ1v) is 8.48. The SMILES string of the molecule is O=C(C[C@@H]1C[C@H]2CC[C@@H]1C2)NNC(=S)NCc1ccccc1. The number of fused-ring (bicyclic) bond motifs is 2. The van der Waals surface area contributed by atoms with Crippen LogP contribution in [0.1, 0.15) is 37.7 Å². The van der Waals surface area contributed by atoms with E-state index < -0.39 is 0 Å². The number of thiocarbonyl (C=S) groups is 1. The minimum Gasteiger partial charge on any atom is -0.357 e. The van der Waals surface area contributed by atoms with Crippen molar-refractivity contribution >= 4 is 23.2 Å². The summed E-state index contributed by atoms with van der Waals surface area (Å²) >= 11 is 5.17. The Labute approximate surface area is 137 Å². The molecule has 2 saturated carbocycles. The Morgan fingerprint density at radius 2 is 1.95 bits per heavy atom. The zero-order valence-electron chi connectivity index (χ0n) is 12.7. The molecule has 0 radical (unpaired) electrons. The first-order chi connectivity index (χ1) is 10.7. The molecule has 0 aliphatic heterocycles. The average molecular weight is 317 g/mol. The van der Waals surface area contributed by atoms with E-state index in [9.17, 15) is 4.79 Å². The van der Waals surface area contributed by atoms with E-state index in [4.69, 9.17) is 12.2 Å². The van der Waals surface area contributed by atoms with Crippen molar-refractivity contribution in [2.75, 3.05) is 0 Å². The smallest absolute Gasteiger partial charge is 0.238 e. The van der Waals surface area contributed by atoms with Gasteiger partial charge in [0.1, 0.15) is 0 Å². The fourth-order valence-corrected chi connectivity index (χ4v) is 3.99. The molecule has 1 amide bonds. The normalized spacial score (nSPS) is 25.7. The molecule has 4 nitrogen and oxygen atoms in total. The van der Waals surface area contributed by atoms with Gasteiger partial charge in [-0.05, 0) is 54.8 Å². The van der Waals surface area contributed by atoms with Gasteiger partial charge in [-0.1, -0.05) is 36.8 Å². The number of benzene rings is 1. The molecule has 0 spiro atoms. The van der Waals surface area contributed by atoms with Crippen molar-refractivity contribution < 1.29 is 4.79 Å². The van der Waals surface area contributed by atoms with Gasteiger partial charge in [-0.15, -0.1) is 0 Å². The predicted molar refractivity (Wildman–Crippen MR) is 90.7 cm³/mol. The average Bonchev–Trinajstić information content (AvgIpc) is 3.14. The third kappa shape index (κ3) is 3.97. The van der Waals surface area contributed by atoms with Gasteiger partial charge in [0.05, 0.1) is 0 Å². The molecule has 0 unspecified atom stereocenters. The lowest BCUT2D eigenvalue weighted by molar-refractivity contribution is -0.122. The van der Waals surface area contributed by atoms with Crippen LogP contribution in [0.5, 0.6) is 0 Å². The standard InChI is InChI=1S/C17H23N3OS/c21-16(10-15-9-13-6-7-14(15)8-13)19-20-17(22)18-11-12-4-2-1-3-5-12/h1-5,13-15H,6-11H2,(H,19,21)(H2,18,20,22)/t13-,14+,15-/m0/s1. The second-order valence-electron chi connectivity index (χ2n) is 6.48. The second-order valence-corrected chi connectivity index (χ2v) is 6.89. The van der Waals surface area contributed by atoms with Crippen LogP contribution in [-0.4, -0.2) is 11.0 Å². The van der Waals surface area contributed by atoms with E-state index in [-0.39, 0.29) is 5.91 Å². The van der Waals surface area contributed by atoms with Crippen LogP contribution < -0.4 is 16.2 Å². The molecule has 5 heteroatoms. The van der Waals surface area contributed by atoms with Crippen molar-refractivity contribution in [1.82, 2.24) is 16.2 Å². The Morgan fingerprint density at radius 1 is 1.14 bits per heavy atom. The largest absolute Gasteiger partial charge is 0.357 e. The number of carbonyl (C=O) groups excluding carboxylic acids is 1. The van der Waals surface area contributed by atoms with Gasteiger partial charge in [0.15, 0.2) is 5.11 Å². The van der Waals surface area contributed by atoms with Gasteiger partial charge in [-0.2, -0.15) is 0 Å². The lowest BCUT2D eigenvalue weighted by Gasteiger charge is -2.21. The van der Waals surface area contributed by atoms with Crippen LogP contribution in [0.2, 0.25) is 0 Å². The molecule has 3 atom stereocenters. The first-order valence-electron chi connectivity index (χ1n) is 8.07. The van der Waals surface area contributed by atoms with Crippen LogP contribution in [0.3, 0.4) is 0 Å². The van der Waals surface area contributed by atoms with E-state index >= 15 is 0 Å². The van der Waals surface area contributed by atoms with Crippen LogP contribution in [0, 0.1) is 17.8 Å². The third-order valence-electron chi connectivity index (χ3n) is 4.94. The molecule has 1 aromatic rings. The fraction of sp³-hybridized carbons (Fsp3) is 0.529. The van der Waals surface area contributed by atoms with Crippen LogP contribution in [0.4, 0.5) is 0 Å². The number of hydrogen-bond donors (Lipinski definition) is 3. The van der Waals surface area contributed by atoms with Gasteiger partial charge in [0.25, 0.3) is 0 Å². The molecule has 22 heavy (non-hydrogen) atoms. The highest BCUT2D eigenvalue weighted by atomic mass is 32.1. The Morgan fingerprint density at radius 3 is 2.64 bits per heavy atom. The van der Waals surface area contributed by atoms with E-state index in [2.05, 4.69) is 16.2 Å². The number of rotatable bonds is 4. The molecular weight excluding hydrogens is 294 g/mol. The summed E-state index contributed by atoms with van der Waals surface area (Å²) in [6.07, 6.45) is 5.87. The van der Waals surface area contributed by atoms with Crippen molar-refractivity contribution in [3.05, 3.63) is 35.9 Å². The molecule has 0 heterocycles. The maximum Gasteiger partial charge on any atom is 0.238 e. The summed E-state index contributed by atoms with van der Waals surface area (Å²) in [5.41, 5.74) is 6.66. The van der Waals surface area contributed by atoms with Crippen molar-refractivity contribution in [2.24, 2.45) is 17.8 Å². The van der Waals surface area contributed by atoms with E-state index in [0.717, 1.165) is 17.4 Å². The lowest BCUT2D eigenvalue weighted by atomic mass is 9.86. The van der Waals surface area contributed by atoms with E-state index in [1.54, 1.807) is 0 Å². The zero-order chi connectivity index (χ0) is 15.4. The Balaban J connectivity index is 1.33. The second kappa shape index (κ2) is 7.09. The molecule has 3 rings (SSSR count). The highest BCUT2D eigenvalue weighted by molar-refractivity contribution is 7.80. The molecule has 1 aromatic carbocycles. The van der Waals surface area contributed by atoms with Crippen molar-refractivity contribution in [3.63, 3.8) is 0 Å². The van der Waals surface area contributed by atoms with Gasteiger partial charge >= 0.3 is 0 Å². The van der Waals surface area contributed by atoms with Gasteiger partial charge in [-0.3, -0.25) is 15.6 Å². The third-order valence-corrected chi connectivity index (χ3v) is 5.19. The van der Waals surface area contributed by atoms with E-state index in [0.29, 0.717) is 24.0 Å². The minimum absolute atomic E-state index is 0.0430. The van der Waals surface area contributed by atoms with E-state index in [1.807, 2.05) is 30.3 Å². The lowest BCUT2D eigenvalue weighted by Crippen LogP contribution is -2.47. The summed E-state index contributed by atoms with van der Waals surface area (Å²) < 4.78 is 0. The van der Waals surface area contributed by atoms with Gasteiger partial charge in [-0.25, -0.2) is 0 Å². The summed E-state index contributed by atoms with van der Waals surface area (Å²) in [5.74, 6) is 2.27. The highest BCUT2D eigenvalue weighted by Crippen LogP contribution is 2.49. The van der Waals surface area contributed by atoms with Crippen molar-refractivity contribution in [2.45, 2.75) is 38.6 Å². The molecule has 2 aliphatic carbocycles.